The Kier molecular flexibility index (Phi) is 17.9. The molecule has 0 fully saturated rings. The Bertz CT molecular complexity index is 1020. The van der Waals surface area contributed by atoms with E-state index in [1.54, 1.807) is 55.4 Å². The van der Waals surface area contributed by atoms with Gasteiger partial charge in [0.15, 0.2) is 0 Å². The van der Waals surface area contributed by atoms with Crippen molar-refractivity contribution in [3.05, 3.63) is 0 Å². The first kappa shape index (κ1) is 41.8. The maximum atomic E-state index is 13.6. The third-order valence-corrected chi connectivity index (χ3v) is 8.32. The van der Waals surface area contributed by atoms with Gasteiger partial charge in [-0.1, -0.05) is 95.9 Å². The van der Waals surface area contributed by atoms with Gasteiger partial charge in [0.05, 0.1) is 6.04 Å². The van der Waals surface area contributed by atoms with Crippen molar-refractivity contribution < 1.29 is 33.9 Å². The van der Waals surface area contributed by atoms with Crippen molar-refractivity contribution in [2.45, 2.75) is 132 Å². The molecule has 5 amide bonds. The molecule has 260 valence electrons. The minimum absolute atomic E-state index is 0.0888. The highest BCUT2D eigenvalue weighted by molar-refractivity contribution is 5.96. The molecule has 0 aliphatic heterocycles. The molecule has 0 aromatic rings. The van der Waals surface area contributed by atoms with Crippen LogP contribution in [0.25, 0.3) is 0 Å². The molecule has 0 spiro atoms. The quantitative estimate of drug-likeness (QED) is 0.110. The van der Waals surface area contributed by atoms with Crippen LogP contribution in [-0.4, -0.2) is 76.9 Å². The Hall–Kier alpha value is -3.22. The van der Waals surface area contributed by atoms with E-state index in [1.165, 1.54) is 0 Å². The monoisotopic (exact) mass is 640 g/mol. The summed E-state index contributed by atoms with van der Waals surface area (Å²) in [5.41, 5.74) is 6.10. The molecule has 0 aliphatic rings. The zero-order valence-corrected chi connectivity index (χ0v) is 29.3. The summed E-state index contributed by atoms with van der Waals surface area (Å²) < 4.78 is 0. The summed E-state index contributed by atoms with van der Waals surface area (Å²) in [6.07, 6.45) is 1.28. The van der Waals surface area contributed by atoms with Gasteiger partial charge in [0.1, 0.15) is 30.2 Å². The second-order valence-corrected chi connectivity index (χ2v) is 13.5. The summed E-state index contributed by atoms with van der Waals surface area (Å²) in [5.74, 6) is -5.93. The van der Waals surface area contributed by atoms with Crippen LogP contribution >= 0.6 is 0 Å². The molecular weight excluding hydrogens is 580 g/mol. The molecule has 0 aromatic carbocycles. The third kappa shape index (κ3) is 13.0. The Labute approximate surface area is 269 Å². The molecule has 0 unspecified atom stereocenters. The molecule has 0 saturated heterocycles. The highest BCUT2D eigenvalue weighted by atomic mass is 16.4. The van der Waals surface area contributed by atoms with Crippen LogP contribution in [0.1, 0.15) is 95.9 Å². The van der Waals surface area contributed by atoms with Crippen molar-refractivity contribution in [1.82, 2.24) is 26.6 Å². The second kappa shape index (κ2) is 19.3. The Balaban J connectivity index is 5.94. The molecular formula is C32H60N6O7. The van der Waals surface area contributed by atoms with E-state index >= 15 is 0 Å². The van der Waals surface area contributed by atoms with Gasteiger partial charge >= 0.3 is 5.97 Å². The van der Waals surface area contributed by atoms with Gasteiger partial charge in [0.2, 0.25) is 29.5 Å². The highest BCUT2D eigenvalue weighted by Crippen LogP contribution is 2.14. The topological polar surface area (TPSA) is 209 Å². The Morgan fingerprint density at radius 1 is 0.467 bits per heavy atom. The smallest absolute Gasteiger partial charge is 0.326 e. The van der Waals surface area contributed by atoms with Gasteiger partial charge in [-0.15, -0.1) is 0 Å². The lowest BCUT2D eigenvalue weighted by molar-refractivity contribution is -0.144. The minimum Gasteiger partial charge on any atom is -0.480 e. The van der Waals surface area contributed by atoms with E-state index in [4.69, 9.17) is 5.73 Å². The van der Waals surface area contributed by atoms with Gasteiger partial charge in [-0.3, -0.25) is 24.0 Å². The SMILES string of the molecule is CC[C@H](C)[C@H](N)C(=O)N[C@H](C(=O)N[C@H](C(=O)N[C@H](C(=O)N[C@H](C(=O)N[C@H](C(=O)O)C(C)C)C(C)C)C(C)C)C(C)C)[C@@H](C)CC. The van der Waals surface area contributed by atoms with Gasteiger partial charge < -0.3 is 37.4 Å². The van der Waals surface area contributed by atoms with E-state index in [1.807, 2.05) is 27.7 Å². The normalized spacial score (nSPS) is 17.0. The number of aliphatic carboxylic acids is 1. The molecule has 0 bridgehead atoms. The van der Waals surface area contributed by atoms with Crippen molar-refractivity contribution in [1.29, 1.82) is 0 Å². The number of hydrogen-bond donors (Lipinski definition) is 7. The summed E-state index contributed by atoms with van der Waals surface area (Å²) in [7, 11) is 0. The second-order valence-electron chi connectivity index (χ2n) is 13.5. The molecule has 0 aromatic heterocycles. The fraction of sp³-hybridized carbons (Fsp3) is 0.812. The first-order valence-electron chi connectivity index (χ1n) is 16.2. The zero-order chi connectivity index (χ0) is 35.3. The third-order valence-electron chi connectivity index (χ3n) is 8.32. The number of carbonyl (C=O) groups is 6. The van der Waals surface area contributed by atoms with Crippen LogP contribution in [0.4, 0.5) is 0 Å². The number of carboxylic acid groups (broad SMARTS) is 1. The number of nitrogens with two attached hydrogens (primary N) is 1. The lowest BCUT2D eigenvalue weighted by atomic mass is 9.94. The number of rotatable bonds is 19. The molecule has 13 nitrogen and oxygen atoms in total. The van der Waals surface area contributed by atoms with Gasteiger partial charge in [0, 0.05) is 0 Å². The van der Waals surface area contributed by atoms with Gasteiger partial charge in [0.25, 0.3) is 0 Å². The van der Waals surface area contributed by atoms with Crippen molar-refractivity contribution in [3.63, 3.8) is 0 Å². The lowest BCUT2D eigenvalue weighted by Crippen LogP contribution is -2.62. The van der Waals surface area contributed by atoms with E-state index < -0.39 is 77.7 Å². The van der Waals surface area contributed by atoms with Gasteiger partial charge in [-0.25, -0.2) is 4.79 Å². The summed E-state index contributed by atoms with van der Waals surface area (Å²) in [6, 6.07) is -6.02. The molecule has 8 atom stereocenters. The number of carbonyl (C=O) groups excluding carboxylic acids is 5. The molecule has 45 heavy (non-hydrogen) atoms. The van der Waals surface area contributed by atoms with Gasteiger partial charge in [-0.2, -0.15) is 0 Å². The molecule has 13 heteroatoms. The van der Waals surface area contributed by atoms with E-state index in [0.29, 0.717) is 12.8 Å². The van der Waals surface area contributed by atoms with E-state index in [2.05, 4.69) is 26.6 Å². The van der Waals surface area contributed by atoms with Gasteiger partial charge in [-0.05, 0) is 35.5 Å². The standard InChI is InChI=1S/C32H60N6O7/c1-13-19(11)21(33)27(39)38-26(20(12)14-2)31(43)36-23(16(5)6)29(41)34-22(15(3)4)28(40)35-24(17(7)8)30(42)37-25(18(9)10)32(44)45/h15-26H,13-14,33H2,1-12H3,(H,34,41)(H,35,40)(H,36,43)(H,37,42)(H,38,39)(H,44,45)/t19-,20-,21-,22-,23-,24-,25-,26-/m0/s1. The summed E-state index contributed by atoms with van der Waals surface area (Å²) in [6.45, 7) is 21.2. The molecule has 8 N–H and O–H groups in total. The summed E-state index contributed by atoms with van der Waals surface area (Å²) >= 11 is 0. The largest absolute Gasteiger partial charge is 0.480 e. The van der Waals surface area contributed by atoms with Crippen LogP contribution in [0.15, 0.2) is 0 Å². The number of amides is 5. The average molecular weight is 641 g/mol. The number of nitrogens with one attached hydrogen (secondary N) is 5. The van der Waals surface area contributed by atoms with Crippen LogP contribution in [0, 0.1) is 35.5 Å². The molecule has 0 saturated carbocycles. The molecule has 0 rings (SSSR count). The highest BCUT2D eigenvalue weighted by Gasteiger charge is 2.36. The Morgan fingerprint density at radius 2 is 0.733 bits per heavy atom. The van der Waals surface area contributed by atoms with Crippen molar-refractivity contribution in [2.75, 3.05) is 0 Å². The minimum atomic E-state index is -1.19. The van der Waals surface area contributed by atoms with Crippen LogP contribution < -0.4 is 32.3 Å². The van der Waals surface area contributed by atoms with Crippen molar-refractivity contribution in [2.24, 2.45) is 41.2 Å². The summed E-state index contributed by atoms with van der Waals surface area (Å²) in [5, 5.41) is 22.9. The maximum absolute atomic E-state index is 13.6. The fourth-order valence-corrected chi connectivity index (χ4v) is 4.55. The first-order valence-corrected chi connectivity index (χ1v) is 16.2. The maximum Gasteiger partial charge on any atom is 0.326 e. The van der Waals surface area contributed by atoms with Crippen LogP contribution in [0.2, 0.25) is 0 Å². The van der Waals surface area contributed by atoms with E-state index in [0.717, 1.165) is 0 Å². The first-order chi connectivity index (χ1) is 20.7. The van der Waals surface area contributed by atoms with Crippen LogP contribution in [0.5, 0.6) is 0 Å². The average Bonchev–Trinajstić information content (AvgIpc) is 2.95. The number of hydrogen-bond acceptors (Lipinski definition) is 7. The number of carboxylic acids is 1. The molecule has 0 radical (unpaired) electrons. The fourth-order valence-electron chi connectivity index (χ4n) is 4.55. The zero-order valence-electron chi connectivity index (χ0n) is 29.3. The predicted molar refractivity (Wildman–Crippen MR) is 174 cm³/mol. The van der Waals surface area contributed by atoms with Crippen LogP contribution in [-0.2, 0) is 28.8 Å². The Morgan fingerprint density at radius 3 is 1.00 bits per heavy atom. The van der Waals surface area contributed by atoms with Crippen LogP contribution in [0.3, 0.4) is 0 Å². The van der Waals surface area contributed by atoms with Crippen molar-refractivity contribution >= 4 is 35.5 Å². The lowest BCUT2D eigenvalue weighted by Gasteiger charge is -2.31. The van der Waals surface area contributed by atoms with E-state index in [9.17, 15) is 33.9 Å². The molecule has 0 aliphatic carbocycles. The molecule has 0 heterocycles. The predicted octanol–water partition coefficient (Wildman–Crippen LogP) is 1.54. The van der Waals surface area contributed by atoms with Crippen molar-refractivity contribution in [3.8, 4) is 0 Å². The van der Waals surface area contributed by atoms with E-state index in [-0.39, 0.29) is 29.6 Å². The summed E-state index contributed by atoms with van der Waals surface area (Å²) in [4.78, 5) is 78.0.